The Kier molecular flexibility index (Phi) is 8.78. The summed E-state index contributed by atoms with van der Waals surface area (Å²) in [6.07, 6.45) is 3.04. The Morgan fingerprint density at radius 1 is 1.18 bits per heavy atom. The van der Waals surface area contributed by atoms with Crippen LogP contribution in [0.1, 0.15) is 71.5 Å². The molecule has 1 rings (SSSR count). The van der Waals surface area contributed by atoms with Crippen molar-refractivity contribution in [3.63, 3.8) is 0 Å². The van der Waals surface area contributed by atoms with E-state index in [4.69, 9.17) is 4.74 Å². The smallest absolute Gasteiger partial charge is 0.335 e. The first-order valence-electron chi connectivity index (χ1n) is 9.71. The van der Waals surface area contributed by atoms with E-state index in [1.54, 1.807) is 4.98 Å². The molecule has 0 aliphatic carbocycles. The van der Waals surface area contributed by atoms with Crippen molar-refractivity contribution in [1.29, 1.82) is 0 Å². The Labute approximate surface area is 164 Å². The number of hydrogen-bond donors (Lipinski definition) is 1. The molecule has 1 heterocycles. The highest BCUT2D eigenvalue weighted by atomic mass is 19.1. The average molecular weight is 398 g/mol. The summed E-state index contributed by atoms with van der Waals surface area (Å²) >= 11 is 0. The van der Waals surface area contributed by atoms with E-state index in [0.29, 0.717) is 35.9 Å². The molecule has 0 radical (unpaired) electrons. The number of nitrogens with one attached hydrogen (secondary N) is 1. The number of nitrogens with zero attached hydrogens (tertiary/aromatic N) is 1. The van der Waals surface area contributed by atoms with Crippen molar-refractivity contribution in [3.8, 4) is 0 Å². The molecular weight excluding hydrogens is 367 g/mol. The van der Waals surface area contributed by atoms with Crippen LogP contribution in [0.3, 0.4) is 0 Å². The van der Waals surface area contributed by atoms with Crippen LogP contribution in [0.4, 0.5) is 4.39 Å². The number of ether oxygens (including phenoxy) is 1. The van der Waals surface area contributed by atoms with Crippen molar-refractivity contribution >= 4 is 11.9 Å². The molecule has 158 valence electrons. The van der Waals surface area contributed by atoms with E-state index in [9.17, 15) is 23.6 Å². The van der Waals surface area contributed by atoms with Crippen molar-refractivity contribution < 1.29 is 18.7 Å². The van der Waals surface area contributed by atoms with Crippen LogP contribution < -0.4 is 11.2 Å². The van der Waals surface area contributed by atoms with E-state index in [1.807, 2.05) is 20.8 Å². The summed E-state index contributed by atoms with van der Waals surface area (Å²) in [6.45, 7) is 10.4. The van der Waals surface area contributed by atoms with Gasteiger partial charge in [0.2, 0.25) is 11.7 Å². The second kappa shape index (κ2) is 10.3. The van der Waals surface area contributed by atoms with Gasteiger partial charge in [-0.05, 0) is 44.4 Å². The van der Waals surface area contributed by atoms with Gasteiger partial charge in [0.1, 0.15) is 0 Å². The molecule has 0 fully saturated rings. The zero-order valence-corrected chi connectivity index (χ0v) is 17.3. The Balaban J connectivity index is 2.42. The number of rotatable bonds is 10. The summed E-state index contributed by atoms with van der Waals surface area (Å²) in [4.78, 5) is 48.7. The van der Waals surface area contributed by atoms with Crippen LogP contribution in [0.15, 0.2) is 15.8 Å². The second-order valence-electron chi connectivity index (χ2n) is 8.12. The molecule has 0 saturated carbocycles. The molecule has 1 atom stereocenters. The van der Waals surface area contributed by atoms with Gasteiger partial charge in [0.25, 0.3) is 5.56 Å². The molecule has 0 aromatic carbocycles. The van der Waals surface area contributed by atoms with Crippen molar-refractivity contribution in [2.24, 2.45) is 17.3 Å². The first-order chi connectivity index (χ1) is 13.0. The standard InChI is InChI=1S/C20H31FN2O5/c1-13(2)11-20(5,14(3)4)18(26)28-10-8-6-7-9-16(24)23-12-15(21)17(25)22-19(23)27/h12-14H,6-11H2,1-5H3,(H,22,25,27). The molecule has 1 N–H and O–H groups in total. The molecule has 0 saturated heterocycles. The lowest BCUT2D eigenvalue weighted by atomic mass is 9.73. The van der Waals surface area contributed by atoms with Crippen molar-refractivity contribution in [2.75, 3.05) is 6.61 Å². The number of hydrogen-bond acceptors (Lipinski definition) is 5. The van der Waals surface area contributed by atoms with Gasteiger partial charge in [-0.2, -0.15) is 4.39 Å². The fourth-order valence-electron chi connectivity index (χ4n) is 3.04. The number of aromatic nitrogens is 2. The number of carbonyl (C=O) groups excluding carboxylic acids is 2. The van der Waals surface area contributed by atoms with E-state index in [1.165, 1.54) is 0 Å². The molecule has 0 aliphatic heterocycles. The topological polar surface area (TPSA) is 98.2 Å². The number of esters is 1. The van der Waals surface area contributed by atoms with Crippen LogP contribution in [0.5, 0.6) is 0 Å². The quantitative estimate of drug-likeness (QED) is 0.482. The minimum absolute atomic E-state index is 0.0242. The summed E-state index contributed by atoms with van der Waals surface area (Å²) in [5.74, 6) is -1.44. The number of H-pyrrole nitrogens is 1. The van der Waals surface area contributed by atoms with Crippen LogP contribution in [-0.2, 0) is 9.53 Å². The third-order valence-electron chi connectivity index (χ3n) is 5.01. The second-order valence-corrected chi connectivity index (χ2v) is 8.12. The number of carbonyl (C=O) groups is 2. The van der Waals surface area contributed by atoms with E-state index in [-0.39, 0.29) is 24.9 Å². The zero-order chi connectivity index (χ0) is 21.5. The molecule has 0 aliphatic rings. The third-order valence-corrected chi connectivity index (χ3v) is 5.01. The Bertz CT molecular complexity index is 797. The monoisotopic (exact) mass is 398 g/mol. The van der Waals surface area contributed by atoms with E-state index in [2.05, 4.69) is 13.8 Å². The minimum atomic E-state index is -1.19. The highest BCUT2D eigenvalue weighted by molar-refractivity contribution is 5.78. The number of aromatic amines is 1. The molecule has 28 heavy (non-hydrogen) atoms. The SMILES string of the molecule is CC(C)CC(C)(C(=O)OCCCCCC(=O)n1cc(F)c(=O)[nH]c1=O)C(C)C. The van der Waals surface area contributed by atoms with Gasteiger partial charge in [-0.25, -0.2) is 9.36 Å². The van der Waals surface area contributed by atoms with Gasteiger partial charge in [0.05, 0.1) is 18.2 Å². The van der Waals surface area contributed by atoms with Gasteiger partial charge in [-0.15, -0.1) is 0 Å². The Morgan fingerprint density at radius 2 is 1.82 bits per heavy atom. The maximum Gasteiger partial charge on any atom is 0.335 e. The molecule has 8 heteroatoms. The molecular formula is C20H31FN2O5. The minimum Gasteiger partial charge on any atom is -0.465 e. The molecule has 0 bridgehead atoms. The number of unbranched alkanes of at least 4 members (excludes halogenated alkanes) is 2. The zero-order valence-electron chi connectivity index (χ0n) is 17.3. The normalized spacial score (nSPS) is 13.6. The van der Waals surface area contributed by atoms with Crippen molar-refractivity contribution in [2.45, 2.75) is 66.7 Å². The van der Waals surface area contributed by atoms with Crippen molar-refractivity contribution in [1.82, 2.24) is 9.55 Å². The van der Waals surface area contributed by atoms with Crippen LogP contribution in [0, 0.1) is 23.1 Å². The lowest BCUT2D eigenvalue weighted by Crippen LogP contribution is -2.36. The fourth-order valence-corrected chi connectivity index (χ4v) is 3.04. The number of halogens is 1. The summed E-state index contributed by atoms with van der Waals surface area (Å²) in [7, 11) is 0. The Morgan fingerprint density at radius 3 is 2.39 bits per heavy atom. The van der Waals surface area contributed by atoms with Gasteiger partial charge in [-0.1, -0.05) is 27.7 Å². The molecule has 1 unspecified atom stereocenters. The van der Waals surface area contributed by atoms with Crippen LogP contribution in [-0.4, -0.2) is 28.0 Å². The predicted octanol–water partition coefficient (Wildman–Crippen LogP) is 3.13. The fraction of sp³-hybridized carbons (Fsp3) is 0.700. The molecule has 7 nitrogen and oxygen atoms in total. The predicted molar refractivity (Wildman–Crippen MR) is 104 cm³/mol. The van der Waals surface area contributed by atoms with E-state index >= 15 is 0 Å². The first-order valence-corrected chi connectivity index (χ1v) is 9.71. The van der Waals surface area contributed by atoms with Crippen LogP contribution in [0.2, 0.25) is 0 Å². The van der Waals surface area contributed by atoms with Gasteiger partial charge in [0.15, 0.2) is 0 Å². The summed E-state index contributed by atoms with van der Waals surface area (Å²) < 4.78 is 19.2. The first kappa shape index (κ1) is 23.8. The summed E-state index contributed by atoms with van der Waals surface area (Å²) in [6, 6.07) is 0. The average Bonchev–Trinajstić information content (AvgIpc) is 2.59. The Hall–Kier alpha value is -2.25. The third kappa shape index (κ3) is 6.42. The molecule has 0 spiro atoms. The van der Waals surface area contributed by atoms with Crippen molar-refractivity contribution in [3.05, 3.63) is 32.9 Å². The maximum absolute atomic E-state index is 13.2. The van der Waals surface area contributed by atoms with Crippen LogP contribution >= 0.6 is 0 Å². The lowest BCUT2D eigenvalue weighted by molar-refractivity contribution is -0.159. The van der Waals surface area contributed by atoms with E-state index in [0.717, 1.165) is 6.42 Å². The summed E-state index contributed by atoms with van der Waals surface area (Å²) in [5.41, 5.74) is -2.63. The van der Waals surface area contributed by atoms with Gasteiger partial charge in [0, 0.05) is 6.42 Å². The highest BCUT2D eigenvalue weighted by Gasteiger charge is 2.38. The van der Waals surface area contributed by atoms with Gasteiger partial charge < -0.3 is 4.74 Å². The van der Waals surface area contributed by atoms with Gasteiger partial charge in [-0.3, -0.25) is 19.4 Å². The lowest BCUT2D eigenvalue weighted by Gasteiger charge is -2.32. The largest absolute Gasteiger partial charge is 0.465 e. The maximum atomic E-state index is 13.2. The van der Waals surface area contributed by atoms with Crippen LogP contribution in [0.25, 0.3) is 0 Å². The van der Waals surface area contributed by atoms with Gasteiger partial charge >= 0.3 is 11.7 Å². The molecule has 0 amide bonds. The molecule has 1 aromatic rings. The summed E-state index contributed by atoms with van der Waals surface area (Å²) in [5, 5.41) is 0. The highest BCUT2D eigenvalue weighted by Crippen LogP contribution is 2.35. The molecule has 1 aromatic heterocycles. The van der Waals surface area contributed by atoms with E-state index < -0.39 is 28.4 Å².